The molecule has 0 radical (unpaired) electrons. The van der Waals surface area contributed by atoms with Crippen molar-refractivity contribution in [2.45, 2.75) is 238 Å². The van der Waals surface area contributed by atoms with Crippen LogP contribution in [-0.4, -0.2) is 72.1 Å². The van der Waals surface area contributed by atoms with Crippen LogP contribution >= 0.6 is 0 Å². The average molecular weight is 726 g/mol. The molecule has 2 N–H and O–H groups in total. The van der Waals surface area contributed by atoms with Crippen molar-refractivity contribution in [1.29, 1.82) is 0 Å². The number of nitrogens with zero attached hydrogens (tertiary/aromatic N) is 1. The second-order valence-corrected chi connectivity index (χ2v) is 15.3. The summed E-state index contributed by atoms with van der Waals surface area (Å²) in [5, 5.41) is 19.7. The van der Waals surface area contributed by atoms with E-state index in [1.165, 1.54) is 103 Å². The Morgan fingerprint density at radius 1 is 0.471 bits per heavy atom. The molecular weight excluding hydrogens is 638 g/mol. The first-order chi connectivity index (χ1) is 25.0. The Bertz CT molecular complexity index is 714. The molecule has 304 valence electrons. The molecule has 7 heteroatoms. The highest BCUT2D eigenvalue weighted by Crippen LogP contribution is 2.19. The number of aliphatic hydroxyl groups is 2. The molecule has 0 fully saturated rings. The van der Waals surface area contributed by atoms with E-state index in [0.717, 1.165) is 103 Å². The summed E-state index contributed by atoms with van der Waals surface area (Å²) in [6.45, 7) is 8.97. The maximum Gasteiger partial charge on any atom is 0.306 e. The number of hydrogen-bond acceptors (Lipinski definition) is 7. The van der Waals surface area contributed by atoms with Crippen molar-refractivity contribution < 1.29 is 29.3 Å². The summed E-state index contributed by atoms with van der Waals surface area (Å²) in [6, 6.07) is -0.207. The molecule has 0 unspecified atom stereocenters. The van der Waals surface area contributed by atoms with Gasteiger partial charge in [-0.3, -0.25) is 14.5 Å². The van der Waals surface area contributed by atoms with E-state index in [4.69, 9.17) is 9.47 Å². The third-order valence-electron chi connectivity index (χ3n) is 10.4. The van der Waals surface area contributed by atoms with E-state index >= 15 is 0 Å². The van der Waals surface area contributed by atoms with Crippen molar-refractivity contribution >= 4 is 11.9 Å². The Balaban J connectivity index is 4.16. The van der Waals surface area contributed by atoms with Crippen LogP contribution in [0.4, 0.5) is 0 Å². The third kappa shape index (κ3) is 34.3. The number of unbranched alkanes of at least 4 members (excludes halogenated alkanes) is 23. The highest BCUT2D eigenvalue weighted by Gasteiger charge is 2.17. The van der Waals surface area contributed by atoms with Crippen molar-refractivity contribution in [3.8, 4) is 0 Å². The molecule has 7 nitrogen and oxygen atoms in total. The predicted octanol–water partition coefficient (Wildman–Crippen LogP) is 11.6. The summed E-state index contributed by atoms with van der Waals surface area (Å²) in [5.74, 6) is -0.0741. The van der Waals surface area contributed by atoms with Gasteiger partial charge in [0, 0.05) is 12.8 Å². The molecule has 0 rings (SSSR count). The summed E-state index contributed by atoms with van der Waals surface area (Å²) in [5.41, 5.74) is 0. The zero-order valence-corrected chi connectivity index (χ0v) is 34.3. The number of ether oxygens (including phenoxy) is 2. The van der Waals surface area contributed by atoms with E-state index in [9.17, 15) is 19.8 Å². The third-order valence-corrected chi connectivity index (χ3v) is 10.4. The van der Waals surface area contributed by atoms with Crippen molar-refractivity contribution in [3.05, 3.63) is 0 Å². The van der Waals surface area contributed by atoms with Gasteiger partial charge in [0.25, 0.3) is 0 Å². The van der Waals surface area contributed by atoms with Gasteiger partial charge in [0.1, 0.15) is 6.10 Å². The van der Waals surface area contributed by atoms with Gasteiger partial charge in [0.2, 0.25) is 0 Å². The normalized spacial score (nSPS) is 11.7. The van der Waals surface area contributed by atoms with Crippen LogP contribution in [0.1, 0.15) is 226 Å². The standard InChI is InChI=1S/C44H87NO6/c1-4-7-10-13-18-25-32-42(33-26-19-14-11-8-5-2)51-44(49)35-28-21-17-23-30-37-45(41(39-46)40-47)36-29-22-16-20-27-34-43(48)50-38-31-24-15-12-9-6-3/h41-42,46-47H,4-40H2,1-3H3. The number of aliphatic hydroxyl groups excluding tert-OH is 2. The van der Waals surface area contributed by atoms with E-state index in [0.29, 0.717) is 19.4 Å². The van der Waals surface area contributed by atoms with E-state index in [1.54, 1.807) is 0 Å². The Morgan fingerprint density at radius 3 is 1.29 bits per heavy atom. The van der Waals surface area contributed by atoms with Crippen molar-refractivity contribution in [1.82, 2.24) is 4.90 Å². The lowest BCUT2D eigenvalue weighted by Crippen LogP contribution is -2.41. The number of rotatable bonds is 41. The number of carbonyl (C=O) groups excluding carboxylic acids is 2. The minimum absolute atomic E-state index is 0.0136. The maximum absolute atomic E-state index is 12.7. The summed E-state index contributed by atoms with van der Waals surface area (Å²) in [7, 11) is 0. The van der Waals surface area contributed by atoms with Gasteiger partial charge in [-0.1, -0.05) is 156 Å². The molecule has 51 heavy (non-hydrogen) atoms. The van der Waals surface area contributed by atoms with E-state index in [1.807, 2.05) is 0 Å². The van der Waals surface area contributed by atoms with Crippen molar-refractivity contribution in [3.63, 3.8) is 0 Å². The Hall–Kier alpha value is -1.18. The van der Waals surface area contributed by atoms with Crippen LogP contribution in [0.25, 0.3) is 0 Å². The number of carbonyl (C=O) groups is 2. The zero-order valence-electron chi connectivity index (χ0n) is 34.3. The minimum atomic E-state index is -0.207. The van der Waals surface area contributed by atoms with Gasteiger partial charge in [0.05, 0.1) is 25.9 Å². The fraction of sp³-hybridized carbons (Fsp3) is 0.955. The molecule has 0 saturated heterocycles. The first-order valence-electron chi connectivity index (χ1n) is 22.3. The zero-order chi connectivity index (χ0) is 37.5. The first kappa shape index (κ1) is 49.8. The Labute approximate surface area is 316 Å². The van der Waals surface area contributed by atoms with E-state index in [2.05, 4.69) is 25.7 Å². The lowest BCUT2D eigenvalue weighted by molar-refractivity contribution is -0.150. The minimum Gasteiger partial charge on any atom is -0.466 e. The highest BCUT2D eigenvalue weighted by molar-refractivity contribution is 5.69. The summed E-state index contributed by atoms with van der Waals surface area (Å²) in [4.78, 5) is 26.9. The molecule has 0 aromatic carbocycles. The van der Waals surface area contributed by atoms with Crippen LogP contribution in [0.2, 0.25) is 0 Å². The monoisotopic (exact) mass is 726 g/mol. The second kappa shape index (κ2) is 40.0. The first-order valence-corrected chi connectivity index (χ1v) is 22.3. The van der Waals surface area contributed by atoms with Crippen molar-refractivity contribution in [2.24, 2.45) is 0 Å². The lowest BCUT2D eigenvalue weighted by Gasteiger charge is -2.29. The van der Waals surface area contributed by atoms with Gasteiger partial charge in [-0.05, 0) is 70.9 Å². The molecule has 0 saturated carbocycles. The van der Waals surface area contributed by atoms with Crippen LogP contribution in [0.15, 0.2) is 0 Å². The van der Waals surface area contributed by atoms with Crippen molar-refractivity contribution in [2.75, 3.05) is 32.9 Å². The molecule has 0 amide bonds. The topological polar surface area (TPSA) is 96.3 Å². The largest absolute Gasteiger partial charge is 0.466 e. The Morgan fingerprint density at radius 2 is 0.843 bits per heavy atom. The molecule has 0 heterocycles. The second-order valence-electron chi connectivity index (χ2n) is 15.3. The lowest BCUT2D eigenvalue weighted by atomic mass is 10.0. The molecule has 0 spiro atoms. The molecule has 0 bridgehead atoms. The molecular formula is C44H87NO6. The SMILES string of the molecule is CCCCCCCCOC(=O)CCCCCCCN(CCCCCCCC(=O)OC(CCCCCCCC)CCCCCCCC)C(CO)CO. The maximum atomic E-state index is 12.7. The molecule has 0 aliphatic carbocycles. The Kier molecular flexibility index (Phi) is 39.1. The molecule has 0 aliphatic heterocycles. The van der Waals surface area contributed by atoms with E-state index < -0.39 is 0 Å². The molecule has 0 aromatic rings. The molecule has 0 aliphatic rings. The summed E-state index contributed by atoms with van der Waals surface area (Å²) >= 11 is 0. The summed E-state index contributed by atoms with van der Waals surface area (Å²) < 4.78 is 11.4. The fourth-order valence-corrected chi connectivity index (χ4v) is 6.95. The van der Waals surface area contributed by atoms with Crippen LogP contribution in [-0.2, 0) is 19.1 Å². The van der Waals surface area contributed by atoms with Gasteiger partial charge in [-0.15, -0.1) is 0 Å². The van der Waals surface area contributed by atoms with E-state index in [-0.39, 0.29) is 37.3 Å². The van der Waals surface area contributed by atoms with Gasteiger partial charge in [-0.25, -0.2) is 0 Å². The van der Waals surface area contributed by atoms with Gasteiger partial charge in [-0.2, -0.15) is 0 Å². The van der Waals surface area contributed by atoms with Crippen LogP contribution in [0.3, 0.4) is 0 Å². The molecule has 0 aromatic heterocycles. The van der Waals surface area contributed by atoms with Crippen LogP contribution in [0, 0.1) is 0 Å². The smallest absolute Gasteiger partial charge is 0.306 e. The van der Waals surface area contributed by atoms with Gasteiger partial charge in [0.15, 0.2) is 0 Å². The predicted molar refractivity (Wildman–Crippen MR) is 215 cm³/mol. The quantitative estimate of drug-likeness (QED) is 0.0478. The van der Waals surface area contributed by atoms with Gasteiger partial charge < -0.3 is 19.7 Å². The highest BCUT2D eigenvalue weighted by atomic mass is 16.5. The number of hydrogen-bond donors (Lipinski definition) is 2. The molecule has 0 atom stereocenters. The van der Waals surface area contributed by atoms with Gasteiger partial charge >= 0.3 is 11.9 Å². The van der Waals surface area contributed by atoms with Crippen LogP contribution < -0.4 is 0 Å². The van der Waals surface area contributed by atoms with Crippen LogP contribution in [0.5, 0.6) is 0 Å². The number of esters is 2. The fourth-order valence-electron chi connectivity index (χ4n) is 6.95. The summed E-state index contributed by atoms with van der Waals surface area (Å²) in [6.07, 6.45) is 35.8. The average Bonchev–Trinajstić information content (AvgIpc) is 3.13.